The van der Waals surface area contributed by atoms with Gasteiger partial charge in [-0.2, -0.15) is 5.10 Å². The molecule has 0 saturated heterocycles. The number of nitrogens with one attached hydrogen (secondary N) is 3. The normalized spacial score (nSPS) is 10.4. The molecule has 8 heteroatoms. The van der Waals surface area contributed by atoms with E-state index < -0.39 is 6.03 Å². The van der Waals surface area contributed by atoms with Crippen LogP contribution in [0.25, 0.3) is 11.3 Å². The van der Waals surface area contributed by atoms with Gasteiger partial charge in [0.25, 0.3) is 0 Å². The van der Waals surface area contributed by atoms with Gasteiger partial charge in [0, 0.05) is 16.9 Å². The topological polar surface area (TPSA) is 79.0 Å². The first-order valence-electron chi connectivity index (χ1n) is 7.27. The Morgan fingerprint density at radius 3 is 2.48 bits per heavy atom. The number of ether oxygens (including phenoxy) is 1. The maximum absolute atomic E-state index is 12.9. The fourth-order valence-electron chi connectivity index (χ4n) is 2.27. The van der Waals surface area contributed by atoms with Gasteiger partial charge in [-0.1, -0.05) is 11.6 Å². The highest BCUT2D eigenvalue weighted by atomic mass is 35.5. The molecule has 0 saturated carbocycles. The number of carbonyl (C=O) groups is 1. The second-order valence-electron chi connectivity index (χ2n) is 5.09. The molecule has 3 rings (SSSR count). The molecule has 2 aromatic carbocycles. The highest BCUT2D eigenvalue weighted by Gasteiger charge is 2.13. The van der Waals surface area contributed by atoms with E-state index in [1.165, 1.54) is 37.6 Å². The number of anilines is 2. The zero-order valence-corrected chi connectivity index (χ0v) is 13.9. The molecule has 25 heavy (non-hydrogen) atoms. The SMILES string of the molecule is COc1ccc(NC(=O)Nc2ccc(F)cc2)cc1-c1[nH]ncc1Cl. The van der Waals surface area contributed by atoms with Crippen LogP contribution in [-0.4, -0.2) is 23.3 Å². The Bertz CT molecular complexity index is 896. The first kappa shape index (κ1) is 16.8. The fraction of sp³-hybridized carbons (Fsp3) is 0.0588. The van der Waals surface area contributed by atoms with Gasteiger partial charge < -0.3 is 15.4 Å². The zero-order chi connectivity index (χ0) is 17.8. The summed E-state index contributed by atoms with van der Waals surface area (Å²) in [6.45, 7) is 0. The first-order valence-corrected chi connectivity index (χ1v) is 7.65. The Labute approximate surface area is 148 Å². The third-order valence-electron chi connectivity index (χ3n) is 3.42. The van der Waals surface area contributed by atoms with Gasteiger partial charge in [0.1, 0.15) is 11.6 Å². The van der Waals surface area contributed by atoms with Crippen LogP contribution < -0.4 is 15.4 Å². The number of hydrogen-bond acceptors (Lipinski definition) is 3. The van der Waals surface area contributed by atoms with Gasteiger partial charge >= 0.3 is 6.03 Å². The van der Waals surface area contributed by atoms with Crippen molar-refractivity contribution in [2.75, 3.05) is 17.7 Å². The van der Waals surface area contributed by atoms with Crippen LogP contribution in [0.15, 0.2) is 48.7 Å². The minimum Gasteiger partial charge on any atom is -0.496 e. The van der Waals surface area contributed by atoms with Crippen molar-refractivity contribution in [3.63, 3.8) is 0 Å². The van der Waals surface area contributed by atoms with E-state index >= 15 is 0 Å². The highest BCUT2D eigenvalue weighted by molar-refractivity contribution is 6.33. The third-order valence-corrected chi connectivity index (χ3v) is 3.71. The molecule has 3 N–H and O–H groups in total. The predicted molar refractivity (Wildman–Crippen MR) is 94.6 cm³/mol. The molecular formula is C17H14ClFN4O2. The molecule has 1 aromatic heterocycles. The molecule has 0 spiro atoms. The monoisotopic (exact) mass is 360 g/mol. The number of aromatic nitrogens is 2. The van der Waals surface area contributed by atoms with E-state index in [9.17, 15) is 9.18 Å². The summed E-state index contributed by atoms with van der Waals surface area (Å²) in [5, 5.41) is 12.4. The van der Waals surface area contributed by atoms with Crippen LogP contribution in [0, 0.1) is 5.82 Å². The Morgan fingerprint density at radius 2 is 1.84 bits per heavy atom. The van der Waals surface area contributed by atoms with Crippen molar-refractivity contribution >= 4 is 29.0 Å². The fourth-order valence-corrected chi connectivity index (χ4v) is 2.46. The van der Waals surface area contributed by atoms with Crippen LogP contribution in [0.3, 0.4) is 0 Å². The molecule has 0 aliphatic carbocycles. The highest BCUT2D eigenvalue weighted by Crippen LogP contribution is 2.35. The van der Waals surface area contributed by atoms with Crippen LogP contribution >= 0.6 is 11.6 Å². The summed E-state index contributed by atoms with van der Waals surface area (Å²) in [5.41, 5.74) is 2.25. The summed E-state index contributed by atoms with van der Waals surface area (Å²) in [7, 11) is 1.54. The number of halogens is 2. The molecule has 2 amide bonds. The van der Waals surface area contributed by atoms with Crippen molar-refractivity contribution in [1.29, 1.82) is 0 Å². The van der Waals surface area contributed by atoms with Gasteiger partial charge in [0.05, 0.1) is 24.0 Å². The zero-order valence-electron chi connectivity index (χ0n) is 13.1. The maximum atomic E-state index is 12.9. The number of urea groups is 1. The first-order chi connectivity index (χ1) is 12.1. The third kappa shape index (κ3) is 3.89. The summed E-state index contributed by atoms with van der Waals surface area (Å²) < 4.78 is 18.2. The standard InChI is InChI=1S/C17H14ClFN4O2/c1-25-15-7-6-12(8-13(15)16-14(18)9-20-23-16)22-17(24)21-11-4-2-10(19)3-5-11/h2-9H,1H3,(H,20,23)(H2,21,22,24). The number of nitrogens with zero attached hydrogens (tertiary/aromatic N) is 1. The van der Waals surface area contributed by atoms with Crippen LogP contribution in [0.1, 0.15) is 0 Å². The molecule has 0 atom stereocenters. The van der Waals surface area contributed by atoms with Gasteiger partial charge in [0.2, 0.25) is 0 Å². The van der Waals surface area contributed by atoms with E-state index in [1.54, 1.807) is 18.2 Å². The van der Waals surface area contributed by atoms with Crippen molar-refractivity contribution in [2.45, 2.75) is 0 Å². The smallest absolute Gasteiger partial charge is 0.323 e. The molecule has 0 bridgehead atoms. The number of hydrogen-bond donors (Lipinski definition) is 3. The van der Waals surface area contributed by atoms with Gasteiger partial charge in [-0.25, -0.2) is 9.18 Å². The van der Waals surface area contributed by atoms with Gasteiger partial charge in [-0.05, 0) is 42.5 Å². The largest absolute Gasteiger partial charge is 0.496 e. The van der Waals surface area contributed by atoms with Crippen LogP contribution in [0.2, 0.25) is 5.02 Å². The second kappa shape index (κ2) is 7.23. The van der Waals surface area contributed by atoms with E-state index in [0.29, 0.717) is 33.4 Å². The van der Waals surface area contributed by atoms with E-state index in [0.717, 1.165) is 0 Å². The molecule has 0 aliphatic rings. The maximum Gasteiger partial charge on any atom is 0.323 e. The molecule has 3 aromatic rings. The summed E-state index contributed by atoms with van der Waals surface area (Å²) in [4.78, 5) is 12.1. The van der Waals surface area contributed by atoms with Crippen molar-refractivity contribution in [3.05, 3.63) is 59.5 Å². The quantitative estimate of drug-likeness (QED) is 0.640. The Kier molecular flexibility index (Phi) is 4.85. The summed E-state index contributed by atoms with van der Waals surface area (Å²) in [5.74, 6) is 0.206. The summed E-state index contributed by atoms with van der Waals surface area (Å²) in [6.07, 6.45) is 1.48. The number of rotatable bonds is 4. The molecule has 1 heterocycles. The van der Waals surface area contributed by atoms with Crippen LogP contribution in [-0.2, 0) is 0 Å². The molecule has 0 radical (unpaired) electrons. The van der Waals surface area contributed by atoms with Crippen molar-refractivity contribution < 1.29 is 13.9 Å². The van der Waals surface area contributed by atoms with Crippen LogP contribution in [0.5, 0.6) is 5.75 Å². The van der Waals surface area contributed by atoms with E-state index in [2.05, 4.69) is 20.8 Å². The average molecular weight is 361 g/mol. The Balaban J connectivity index is 1.79. The summed E-state index contributed by atoms with van der Waals surface area (Å²) >= 11 is 6.10. The molecule has 0 fully saturated rings. The number of H-pyrrole nitrogens is 1. The van der Waals surface area contributed by atoms with E-state index in [4.69, 9.17) is 16.3 Å². The minimum absolute atomic E-state index is 0.373. The molecule has 6 nitrogen and oxygen atoms in total. The van der Waals surface area contributed by atoms with Gasteiger partial charge in [0.15, 0.2) is 0 Å². The van der Waals surface area contributed by atoms with Crippen molar-refractivity contribution in [1.82, 2.24) is 10.2 Å². The van der Waals surface area contributed by atoms with Gasteiger partial charge in [-0.15, -0.1) is 0 Å². The lowest BCUT2D eigenvalue weighted by atomic mass is 10.1. The lowest BCUT2D eigenvalue weighted by molar-refractivity contribution is 0.262. The lowest BCUT2D eigenvalue weighted by Gasteiger charge is -2.12. The molecular weight excluding hydrogens is 347 g/mol. The lowest BCUT2D eigenvalue weighted by Crippen LogP contribution is -2.19. The minimum atomic E-state index is -0.460. The molecule has 0 aliphatic heterocycles. The number of benzene rings is 2. The Hall–Kier alpha value is -3.06. The van der Waals surface area contributed by atoms with E-state index in [1.807, 2.05) is 0 Å². The number of amides is 2. The van der Waals surface area contributed by atoms with Crippen LogP contribution in [0.4, 0.5) is 20.6 Å². The molecule has 128 valence electrons. The Morgan fingerprint density at radius 1 is 1.16 bits per heavy atom. The average Bonchev–Trinajstić information content (AvgIpc) is 3.02. The van der Waals surface area contributed by atoms with Crippen molar-refractivity contribution in [2.24, 2.45) is 0 Å². The predicted octanol–water partition coefficient (Wildman–Crippen LogP) is 4.52. The number of carbonyl (C=O) groups excluding carboxylic acids is 1. The number of methoxy groups -OCH3 is 1. The second-order valence-corrected chi connectivity index (χ2v) is 5.50. The van der Waals surface area contributed by atoms with Crippen molar-refractivity contribution in [3.8, 4) is 17.0 Å². The summed E-state index contributed by atoms with van der Waals surface area (Å²) in [6, 6.07) is 10.1. The van der Waals surface area contributed by atoms with E-state index in [-0.39, 0.29) is 5.82 Å². The number of aromatic amines is 1. The molecule has 0 unspecified atom stereocenters. The van der Waals surface area contributed by atoms with Gasteiger partial charge in [-0.3, -0.25) is 5.10 Å².